The molecule has 0 radical (unpaired) electrons. The summed E-state index contributed by atoms with van der Waals surface area (Å²) in [5, 5.41) is 0. The third-order valence-electron chi connectivity index (χ3n) is 3.24. The van der Waals surface area contributed by atoms with E-state index < -0.39 is 0 Å². The molecule has 2 heterocycles. The maximum absolute atomic E-state index is 4.38. The number of para-hydroxylation sites is 1. The van der Waals surface area contributed by atoms with E-state index in [0.29, 0.717) is 5.92 Å². The zero-order valence-electron chi connectivity index (χ0n) is 10.2. The first-order chi connectivity index (χ1) is 8.74. The lowest BCUT2D eigenvalue weighted by Gasteiger charge is -2.33. The molecule has 0 amide bonds. The summed E-state index contributed by atoms with van der Waals surface area (Å²) >= 11 is 3.41. The van der Waals surface area contributed by atoms with Crippen molar-refractivity contribution in [2.45, 2.75) is 13.3 Å². The van der Waals surface area contributed by atoms with Crippen molar-refractivity contribution in [2.24, 2.45) is 5.92 Å². The van der Waals surface area contributed by atoms with E-state index in [1.165, 1.54) is 11.3 Å². The van der Waals surface area contributed by atoms with Crippen molar-refractivity contribution in [1.82, 2.24) is 9.97 Å². The number of fused-ring (bicyclic) bond motifs is 1. The summed E-state index contributed by atoms with van der Waals surface area (Å²) in [7, 11) is 0. The molecule has 1 aromatic heterocycles. The van der Waals surface area contributed by atoms with Crippen molar-refractivity contribution in [3.8, 4) is 0 Å². The minimum atomic E-state index is 0.633. The molecule has 1 aromatic carbocycles. The molecule has 2 aromatic rings. The Labute approximate surface area is 115 Å². The van der Waals surface area contributed by atoms with Crippen LogP contribution in [0.1, 0.15) is 12.5 Å². The van der Waals surface area contributed by atoms with Gasteiger partial charge in [-0.05, 0) is 39.9 Å². The summed E-state index contributed by atoms with van der Waals surface area (Å²) in [6, 6.07) is 10.5. The van der Waals surface area contributed by atoms with E-state index in [9.17, 15) is 0 Å². The Bertz CT molecular complexity index is 570. The largest absolute Gasteiger partial charge is 0.326 e. The molecule has 1 aliphatic heterocycles. The molecule has 0 N–H and O–H groups in total. The molecule has 1 atom stereocenters. The number of nitrogens with zero attached hydrogens (tertiary/aromatic N) is 3. The lowest BCUT2D eigenvalue weighted by atomic mass is 9.94. The van der Waals surface area contributed by atoms with Gasteiger partial charge >= 0.3 is 0 Å². The van der Waals surface area contributed by atoms with Crippen LogP contribution in [0.5, 0.6) is 0 Å². The van der Waals surface area contributed by atoms with Gasteiger partial charge in [0.1, 0.15) is 16.7 Å². The highest BCUT2D eigenvalue weighted by Crippen LogP contribution is 2.34. The van der Waals surface area contributed by atoms with Crippen LogP contribution in [0, 0.1) is 5.92 Å². The van der Waals surface area contributed by atoms with Crippen LogP contribution in [0.15, 0.2) is 41.3 Å². The average Bonchev–Trinajstić information content (AvgIpc) is 2.37. The fourth-order valence-electron chi connectivity index (χ4n) is 2.49. The standard InChI is InChI=1S/C14H14BrN3/c1-10-6-11-4-2-3-5-12(11)18(8-10)14-7-13(15)16-9-17-14/h2-5,7,9-10H,6,8H2,1H3. The molecule has 18 heavy (non-hydrogen) atoms. The van der Waals surface area contributed by atoms with Crippen molar-refractivity contribution >= 4 is 27.4 Å². The van der Waals surface area contributed by atoms with Gasteiger partial charge in [0.2, 0.25) is 0 Å². The molecule has 0 bridgehead atoms. The van der Waals surface area contributed by atoms with E-state index in [0.717, 1.165) is 23.4 Å². The van der Waals surface area contributed by atoms with E-state index in [4.69, 9.17) is 0 Å². The maximum atomic E-state index is 4.38. The third kappa shape index (κ3) is 2.12. The Morgan fingerprint density at radius 3 is 2.94 bits per heavy atom. The summed E-state index contributed by atoms with van der Waals surface area (Å²) in [5.41, 5.74) is 2.66. The number of rotatable bonds is 1. The van der Waals surface area contributed by atoms with Gasteiger partial charge in [0.05, 0.1) is 0 Å². The Morgan fingerprint density at radius 1 is 1.28 bits per heavy atom. The van der Waals surface area contributed by atoms with Crippen LogP contribution >= 0.6 is 15.9 Å². The minimum Gasteiger partial charge on any atom is -0.326 e. The van der Waals surface area contributed by atoms with Crippen molar-refractivity contribution in [3.05, 3.63) is 46.8 Å². The summed E-state index contributed by atoms with van der Waals surface area (Å²) in [6.07, 6.45) is 2.74. The Hall–Kier alpha value is -1.42. The highest BCUT2D eigenvalue weighted by molar-refractivity contribution is 9.10. The topological polar surface area (TPSA) is 29.0 Å². The van der Waals surface area contributed by atoms with E-state index in [1.54, 1.807) is 6.33 Å². The molecule has 0 fully saturated rings. The fourth-order valence-corrected chi connectivity index (χ4v) is 2.78. The number of halogens is 1. The van der Waals surface area contributed by atoms with Gasteiger partial charge in [-0.1, -0.05) is 25.1 Å². The van der Waals surface area contributed by atoms with Crippen LogP contribution in [0.25, 0.3) is 0 Å². The van der Waals surface area contributed by atoms with Crippen molar-refractivity contribution in [3.63, 3.8) is 0 Å². The van der Waals surface area contributed by atoms with Crippen molar-refractivity contribution in [2.75, 3.05) is 11.4 Å². The van der Waals surface area contributed by atoms with Gasteiger partial charge in [0, 0.05) is 18.3 Å². The number of anilines is 2. The van der Waals surface area contributed by atoms with Gasteiger partial charge in [0.15, 0.2) is 0 Å². The lowest BCUT2D eigenvalue weighted by Crippen LogP contribution is -2.30. The van der Waals surface area contributed by atoms with E-state index in [2.05, 4.69) is 62.0 Å². The van der Waals surface area contributed by atoms with Gasteiger partial charge in [-0.25, -0.2) is 9.97 Å². The predicted molar refractivity (Wildman–Crippen MR) is 76.0 cm³/mol. The first kappa shape index (κ1) is 11.7. The molecule has 4 heteroatoms. The molecule has 92 valence electrons. The molecule has 0 saturated carbocycles. The first-order valence-corrected chi connectivity index (χ1v) is 6.86. The second-order valence-corrected chi connectivity index (χ2v) is 5.56. The summed E-state index contributed by atoms with van der Waals surface area (Å²) in [4.78, 5) is 10.7. The van der Waals surface area contributed by atoms with Gasteiger partial charge < -0.3 is 4.90 Å². The van der Waals surface area contributed by atoms with Gasteiger partial charge in [-0.2, -0.15) is 0 Å². The molecule has 3 nitrogen and oxygen atoms in total. The lowest BCUT2D eigenvalue weighted by molar-refractivity contribution is 0.560. The van der Waals surface area contributed by atoms with Crippen molar-refractivity contribution in [1.29, 1.82) is 0 Å². The Kier molecular flexibility index (Phi) is 3.04. The molecule has 0 spiro atoms. The van der Waals surface area contributed by atoms with E-state index >= 15 is 0 Å². The second-order valence-electron chi connectivity index (χ2n) is 4.75. The smallest absolute Gasteiger partial charge is 0.137 e. The second kappa shape index (κ2) is 4.69. The predicted octanol–water partition coefficient (Wildman–Crippen LogP) is 3.57. The van der Waals surface area contributed by atoms with Gasteiger partial charge in [0.25, 0.3) is 0 Å². The minimum absolute atomic E-state index is 0.633. The molecular weight excluding hydrogens is 290 g/mol. The first-order valence-electron chi connectivity index (χ1n) is 6.07. The third-order valence-corrected chi connectivity index (χ3v) is 3.67. The van der Waals surface area contributed by atoms with Crippen molar-refractivity contribution < 1.29 is 0 Å². The van der Waals surface area contributed by atoms with E-state index in [1.807, 2.05) is 6.07 Å². The zero-order valence-corrected chi connectivity index (χ0v) is 11.8. The monoisotopic (exact) mass is 303 g/mol. The number of benzene rings is 1. The highest BCUT2D eigenvalue weighted by atomic mass is 79.9. The molecule has 1 unspecified atom stereocenters. The quantitative estimate of drug-likeness (QED) is 0.754. The molecular formula is C14H14BrN3. The highest BCUT2D eigenvalue weighted by Gasteiger charge is 2.23. The van der Waals surface area contributed by atoms with Crippen LogP contribution < -0.4 is 4.90 Å². The maximum Gasteiger partial charge on any atom is 0.137 e. The summed E-state index contributed by atoms with van der Waals surface area (Å²) in [6.45, 7) is 3.28. The van der Waals surface area contributed by atoms with Crippen LogP contribution in [0.2, 0.25) is 0 Å². The molecule has 0 aliphatic carbocycles. The summed E-state index contributed by atoms with van der Waals surface area (Å²) < 4.78 is 0.822. The van der Waals surface area contributed by atoms with Crippen LogP contribution in [-0.4, -0.2) is 16.5 Å². The molecule has 0 saturated heterocycles. The number of hydrogen-bond donors (Lipinski definition) is 0. The molecule has 3 rings (SSSR count). The van der Waals surface area contributed by atoms with Gasteiger partial charge in [-0.15, -0.1) is 0 Å². The normalized spacial score (nSPS) is 18.6. The average molecular weight is 304 g/mol. The van der Waals surface area contributed by atoms with Crippen LogP contribution in [0.3, 0.4) is 0 Å². The Balaban J connectivity index is 2.07. The van der Waals surface area contributed by atoms with E-state index in [-0.39, 0.29) is 0 Å². The zero-order chi connectivity index (χ0) is 12.5. The summed E-state index contributed by atoms with van der Waals surface area (Å²) in [5.74, 6) is 1.59. The Morgan fingerprint density at radius 2 is 2.11 bits per heavy atom. The van der Waals surface area contributed by atoms with Gasteiger partial charge in [-0.3, -0.25) is 0 Å². The SMILES string of the molecule is CC1Cc2ccccc2N(c2cc(Br)ncn2)C1. The number of aromatic nitrogens is 2. The van der Waals surface area contributed by atoms with Crippen LogP contribution in [0.4, 0.5) is 11.5 Å². The fraction of sp³-hybridized carbons (Fsp3) is 0.286. The van der Waals surface area contributed by atoms with Crippen LogP contribution in [-0.2, 0) is 6.42 Å². The number of hydrogen-bond acceptors (Lipinski definition) is 3. The molecule has 1 aliphatic rings.